The van der Waals surface area contributed by atoms with Crippen molar-refractivity contribution in [2.24, 2.45) is 5.92 Å². The highest BCUT2D eigenvalue weighted by Gasteiger charge is 2.13. The lowest BCUT2D eigenvalue weighted by Gasteiger charge is -2.22. The molecule has 352 valence electrons. The van der Waals surface area contributed by atoms with Crippen LogP contribution in [0.2, 0.25) is 0 Å². The molecule has 0 aliphatic rings. The van der Waals surface area contributed by atoms with Gasteiger partial charge < -0.3 is 38.4 Å². The molecule has 0 saturated heterocycles. The molecule has 0 aliphatic carbocycles. The average molecular weight is 844 g/mol. The van der Waals surface area contributed by atoms with Crippen LogP contribution in [0.25, 0.3) is 0 Å². The van der Waals surface area contributed by atoms with E-state index in [-0.39, 0.29) is 6.61 Å². The number of nitrogens with zero attached hydrogens (tertiary/aromatic N) is 1. The Kier molecular flexibility index (Phi) is 47.7. The molecule has 0 atom stereocenters. The van der Waals surface area contributed by atoms with Gasteiger partial charge in [-0.25, -0.2) is 9.59 Å². The van der Waals surface area contributed by atoms with Crippen LogP contribution in [0.3, 0.4) is 0 Å². The molecule has 0 heterocycles. The Labute approximate surface area is 364 Å². The smallest absolute Gasteiger partial charge is 0.434 e. The molecule has 10 heteroatoms. The lowest BCUT2D eigenvalue weighted by molar-refractivity contribution is 0.0261. The van der Waals surface area contributed by atoms with Gasteiger partial charge in [-0.05, 0) is 70.4 Å². The predicted molar refractivity (Wildman–Crippen MR) is 243 cm³/mol. The van der Waals surface area contributed by atoms with Crippen molar-refractivity contribution < 1.29 is 43.1 Å². The summed E-state index contributed by atoms with van der Waals surface area (Å²) in [5, 5.41) is 8.88. The maximum Gasteiger partial charge on any atom is 0.508 e. The largest absolute Gasteiger partial charge is 0.508 e. The van der Waals surface area contributed by atoms with Crippen molar-refractivity contribution in [3.63, 3.8) is 0 Å². The molecular weight excluding hydrogens is 747 g/mol. The lowest BCUT2D eigenvalue weighted by Crippen LogP contribution is -2.30. The van der Waals surface area contributed by atoms with Crippen LogP contribution in [0, 0.1) is 5.92 Å². The molecule has 0 aromatic carbocycles. The Balaban J connectivity index is 4.23. The second kappa shape index (κ2) is 49.0. The number of carbonyl (C=O) groups is 2. The van der Waals surface area contributed by atoms with Gasteiger partial charge in [-0.1, -0.05) is 168 Å². The van der Waals surface area contributed by atoms with Crippen molar-refractivity contribution >= 4 is 12.3 Å². The zero-order valence-corrected chi connectivity index (χ0v) is 39.1. The lowest BCUT2D eigenvalue weighted by atomic mass is 9.95. The summed E-state index contributed by atoms with van der Waals surface area (Å²) in [5.41, 5.74) is 0. The molecule has 0 aromatic heterocycles. The molecule has 0 fully saturated rings. The molecule has 0 radical (unpaired) electrons. The van der Waals surface area contributed by atoms with E-state index in [4.69, 9.17) is 33.5 Å². The topological polar surface area (TPSA) is 113 Å². The number of ether oxygens (including phenoxy) is 6. The fourth-order valence-corrected chi connectivity index (χ4v) is 7.38. The fourth-order valence-electron chi connectivity index (χ4n) is 7.38. The van der Waals surface area contributed by atoms with Gasteiger partial charge in [-0.15, -0.1) is 0 Å². The normalized spacial score (nSPS) is 11.5. The first kappa shape index (κ1) is 57.4. The minimum absolute atomic E-state index is 0.0259. The Bertz CT molecular complexity index is 832. The molecule has 0 rings (SSSR count). The highest BCUT2D eigenvalue weighted by Crippen LogP contribution is 2.20. The monoisotopic (exact) mass is 844 g/mol. The quantitative estimate of drug-likeness (QED) is 0.0469. The Morgan fingerprint density at radius 2 is 0.746 bits per heavy atom. The molecule has 1 N–H and O–H groups in total. The highest BCUT2D eigenvalue weighted by atomic mass is 16.7. The number of hydrogen-bond donors (Lipinski definition) is 1. The van der Waals surface area contributed by atoms with Crippen molar-refractivity contribution in [2.45, 2.75) is 220 Å². The van der Waals surface area contributed by atoms with Crippen LogP contribution in [0.15, 0.2) is 0 Å². The van der Waals surface area contributed by atoms with Crippen molar-refractivity contribution in [1.29, 1.82) is 0 Å². The highest BCUT2D eigenvalue weighted by molar-refractivity contribution is 5.60. The van der Waals surface area contributed by atoms with Gasteiger partial charge in [0.25, 0.3) is 0 Å². The molecule has 10 nitrogen and oxygen atoms in total. The number of rotatable bonds is 48. The molecule has 59 heavy (non-hydrogen) atoms. The molecule has 0 bridgehead atoms. The maximum atomic E-state index is 12.4. The minimum Gasteiger partial charge on any atom is -0.434 e. The summed E-state index contributed by atoms with van der Waals surface area (Å²) in [6, 6.07) is 0. The first-order valence-electron chi connectivity index (χ1n) is 25.1. The van der Waals surface area contributed by atoms with E-state index in [9.17, 15) is 9.59 Å². The first-order chi connectivity index (χ1) is 29.1. The van der Waals surface area contributed by atoms with E-state index in [1.165, 1.54) is 122 Å². The molecular formula is C49H97NO9. The van der Waals surface area contributed by atoms with E-state index in [0.717, 1.165) is 96.7 Å². The Morgan fingerprint density at radius 3 is 1.19 bits per heavy atom. The molecule has 0 aliphatic heterocycles. The van der Waals surface area contributed by atoms with E-state index in [1.54, 1.807) is 0 Å². The van der Waals surface area contributed by atoms with Gasteiger partial charge in [0.05, 0.1) is 59.5 Å². The van der Waals surface area contributed by atoms with Crippen LogP contribution >= 0.6 is 0 Å². The zero-order valence-electron chi connectivity index (χ0n) is 39.1. The van der Waals surface area contributed by atoms with Gasteiger partial charge in [0.2, 0.25) is 0 Å². The minimum atomic E-state index is -0.542. The van der Waals surface area contributed by atoms with Crippen molar-refractivity contribution in [1.82, 2.24) is 4.90 Å². The van der Waals surface area contributed by atoms with Gasteiger partial charge >= 0.3 is 12.3 Å². The summed E-state index contributed by atoms with van der Waals surface area (Å²) in [6.07, 6.45) is 36.0. The average Bonchev–Trinajstić information content (AvgIpc) is 3.24. The second-order valence-corrected chi connectivity index (χ2v) is 16.8. The molecule has 0 spiro atoms. The van der Waals surface area contributed by atoms with Gasteiger partial charge in [0, 0.05) is 6.54 Å². The van der Waals surface area contributed by atoms with E-state index < -0.39 is 12.3 Å². The zero-order chi connectivity index (χ0) is 43.0. The molecule has 0 saturated carbocycles. The summed E-state index contributed by atoms with van der Waals surface area (Å²) in [6.45, 7) is 13.4. The van der Waals surface area contributed by atoms with E-state index in [0.29, 0.717) is 58.8 Å². The molecule has 0 amide bonds. The summed E-state index contributed by atoms with van der Waals surface area (Å²) in [4.78, 5) is 26.8. The summed E-state index contributed by atoms with van der Waals surface area (Å²) in [5.74, 6) is 0.445. The Morgan fingerprint density at radius 1 is 0.390 bits per heavy atom. The fraction of sp³-hybridized carbons (Fsp3) is 0.959. The Hall–Kier alpha value is -1.62. The second-order valence-electron chi connectivity index (χ2n) is 16.8. The van der Waals surface area contributed by atoms with Crippen LogP contribution in [0.1, 0.15) is 220 Å². The predicted octanol–water partition coefficient (Wildman–Crippen LogP) is 13.4. The standard InChI is InChI=1S/C49H97NO9/c1-4-7-10-13-16-17-18-23-30-39-56-48(52)57-41-32-25-29-36-50(37-42-54-44-45-55-43-38-51)35-28-22-19-24-31-40-58-49(53)59-46-47(33-26-20-14-11-8-5-2)34-27-21-15-12-9-6-3/h47,51H,4-46H2,1-3H3. The first-order valence-corrected chi connectivity index (χ1v) is 25.1. The molecule has 0 aromatic rings. The van der Waals surface area contributed by atoms with Gasteiger partial charge in [-0.3, -0.25) is 0 Å². The number of carbonyl (C=O) groups excluding carboxylic acids is 2. The SMILES string of the molecule is CCCCCCCCCCCOC(=O)OCCCCCN(CCCCCCCOC(=O)OCC(CCCCCCCC)CCCCCCCC)CCOCCOCCO. The number of aliphatic hydroxyl groups excluding tert-OH is 1. The van der Waals surface area contributed by atoms with Crippen LogP contribution in [0.5, 0.6) is 0 Å². The van der Waals surface area contributed by atoms with E-state index in [1.807, 2.05) is 0 Å². The third-order valence-corrected chi connectivity index (χ3v) is 11.2. The summed E-state index contributed by atoms with van der Waals surface area (Å²) >= 11 is 0. The van der Waals surface area contributed by atoms with Crippen LogP contribution < -0.4 is 0 Å². The van der Waals surface area contributed by atoms with E-state index in [2.05, 4.69) is 25.7 Å². The van der Waals surface area contributed by atoms with Crippen molar-refractivity contribution in [3.05, 3.63) is 0 Å². The van der Waals surface area contributed by atoms with Crippen LogP contribution in [-0.4, -0.2) is 101 Å². The third-order valence-electron chi connectivity index (χ3n) is 11.2. The van der Waals surface area contributed by atoms with Crippen molar-refractivity contribution in [2.75, 3.05) is 79.1 Å². The van der Waals surface area contributed by atoms with E-state index >= 15 is 0 Å². The van der Waals surface area contributed by atoms with Gasteiger partial charge in [0.1, 0.15) is 0 Å². The number of unbranched alkanes of at least 4 members (excludes halogenated alkanes) is 24. The number of hydrogen-bond acceptors (Lipinski definition) is 10. The maximum absolute atomic E-state index is 12.4. The van der Waals surface area contributed by atoms with Gasteiger partial charge in [-0.2, -0.15) is 0 Å². The van der Waals surface area contributed by atoms with Crippen molar-refractivity contribution in [3.8, 4) is 0 Å². The summed E-state index contributed by atoms with van der Waals surface area (Å²) < 4.78 is 32.7. The third kappa shape index (κ3) is 45.7. The molecule has 0 unspecified atom stereocenters. The number of aliphatic hydroxyl groups is 1. The van der Waals surface area contributed by atoms with Crippen LogP contribution in [0.4, 0.5) is 9.59 Å². The summed E-state index contributed by atoms with van der Waals surface area (Å²) in [7, 11) is 0. The van der Waals surface area contributed by atoms with Gasteiger partial charge in [0.15, 0.2) is 0 Å². The van der Waals surface area contributed by atoms with Crippen LogP contribution in [-0.2, 0) is 28.4 Å².